The van der Waals surface area contributed by atoms with Crippen molar-refractivity contribution in [1.29, 1.82) is 0 Å². The van der Waals surface area contributed by atoms with Gasteiger partial charge in [0.05, 0.1) is 12.5 Å². The van der Waals surface area contributed by atoms with E-state index in [0.717, 1.165) is 5.56 Å². The number of carboxylic acid groups (broad SMARTS) is 1. The first-order valence-electron chi connectivity index (χ1n) is 8.15. The third-order valence-corrected chi connectivity index (χ3v) is 3.98. The molecule has 0 saturated heterocycles. The molecule has 1 aromatic heterocycles. The van der Waals surface area contributed by atoms with Crippen LogP contribution in [0, 0.1) is 5.92 Å². The first kappa shape index (κ1) is 19.3. The fourth-order valence-electron chi connectivity index (χ4n) is 2.57. The van der Waals surface area contributed by atoms with Crippen LogP contribution in [0.4, 0.5) is 0 Å². The van der Waals surface area contributed by atoms with Crippen molar-refractivity contribution in [3.05, 3.63) is 53.3 Å². The number of aliphatic hydroxyl groups excluding tert-OH is 1. The summed E-state index contributed by atoms with van der Waals surface area (Å²) < 4.78 is 0. The molecular formula is C18H21N3O5. The molecule has 1 amide bonds. The smallest absolute Gasteiger partial charge is 0.308 e. The van der Waals surface area contributed by atoms with Crippen LogP contribution < -0.4 is 5.32 Å². The number of carbonyl (C=O) groups excluding carboxylic acids is 2. The van der Waals surface area contributed by atoms with Crippen LogP contribution in [0.5, 0.6) is 0 Å². The first-order chi connectivity index (χ1) is 12.4. The van der Waals surface area contributed by atoms with Crippen molar-refractivity contribution in [3.8, 4) is 0 Å². The molecule has 1 heterocycles. The molecule has 0 aliphatic rings. The second-order valence-electron chi connectivity index (χ2n) is 6.04. The standard InChI is InChI=1S/C18H21N3O5/c1-11(23)15-9-16(21-20-15)17(24)19-14(8-13(10-22)18(25)26)7-12-5-3-2-4-6-12/h2-6,9,13-14,22H,7-8,10H2,1H3,(H,19,24)(H,20,21)(H,25,26). The summed E-state index contributed by atoms with van der Waals surface area (Å²) in [6.45, 7) is 0.823. The fraction of sp³-hybridized carbons (Fsp3) is 0.333. The Morgan fingerprint density at radius 2 is 1.92 bits per heavy atom. The van der Waals surface area contributed by atoms with Gasteiger partial charge in [-0.05, 0) is 24.5 Å². The van der Waals surface area contributed by atoms with Gasteiger partial charge in [-0.2, -0.15) is 5.10 Å². The average Bonchev–Trinajstić information content (AvgIpc) is 3.10. The number of ketones is 1. The van der Waals surface area contributed by atoms with Gasteiger partial charge >= 0.3 is 5.97 Å². The fourth-order valence-corrected chi connectivity index (χ4v) is 2.57. The number of carboxylic acids is 1. The summed E-state index contributed by atoms with van der Waals surface area (Å²) in [4.78, 5) is 34.9. The van der Waals surface area contributed by atoms with E-state index in [0.29, 0.717) is 6.42 Å². The predicted octanol–water partition coefficient (Wildman–Crippen LogP) is 1.04. The normalized spacial score (nSPS) is 13.0. The quantitative estimate of drug-likeness (QED) is 0.495. The number of aromatic amines is 1. The topological polar surface area (TPSA) is 132 Å². The van der Waals surface area contributed by atoms with Crippen LogP contribution >= 0.6 is 0 Å². The maximum absolute atomic E-state index is 12.4. The molecule has 2 unspecified atom stereocenters. The Kier molecular flexibility index (Phi) is 6.62. The molecule has 138 valence electrons. The van der Waals surface area contributed by atoms with Crippen molar-refractivity contribution in [2.75, 3.05) is 6.61 Å². The van der Waals surface area contributed by atoms with Gasteiger partial charge in [0.25, 0.3) is 5.91 Å². The van der Waals surface area contributed by atoms with Gasteiger partial charge in [-0.3, -0.25) is 19.5 Å². The Morgan fingerprint density at radius 1 is 1.23 bits per heavy atom. The Labute approximate surface area is 150 Å². The van der Waals surface area contributed by atoms with Crippen LogP contribution in [0.15, 0.2) is 36.4 Å². The minimum Gasteiger partial charge on any atom is -0.481 e. The van der Waals surface area contributed by atoms with E-state index in [9.17, 15) is 24.6 Å². The summed E-state index contributed by atoms with van der Waals surface area (Å²) in [6, 6.07) is 10.1. The van der Waals surface area contributed by atoms with Crippen LogP contribution in [-0.4, -0.2) is 50.7 Å². The molecule has 0 spiro atoms. The molecule has 1 aromatic carbocycles. The van der Waals surface area contributed by atoms with Crippen molar-refractivity contribution in [2.45, 2.75) is 25.8 Å². The Balaban J connectivity index is 2.14. The zero-order valence-electron chi connectivity index (χ0n) is 14.3. The average molecular weight is 359 g/mol. The highest BCUT2D eigenvalue weighted by molar-refractivity contribution is 5.97. The molecule has 0 aliphatic heterocycles. The van der Waals surface area contributed by atoms with Gasteiger partial charge in [0.1, 0.15) is 11.4 Å². The lowest BCUT2D eigenvalue weighted by atomic mass is 9.95. The largest absolute Gasteiger partial charge is 0.481 e. The summed E-state index contributed by atoms with van der Waals surface area (Å²) in [7, 11) is 0. The number of H-pyrrole nitrogens is 1. The van der Waals surface area contributed by atoms with E-state index >= 15 is 0 Å². The van der Waals surface area contributed by atoms with Crippen molar-refractivity contribution in [2.24, 2.45) is 5.92 Å². The summed E-state index contributed by atoms with van der Waals surface area (Å²) in [5.74, 6) is -2.88. The number of hydrogen-bond acceptors (Lipinski definition) is 5. The van der Waals surface area contributed by atoms with Crippen molar-refractivity contribution in [1.82, 2.24) is 15.5 Å². The SMILES string of the molecule is CC(=O)c1cc(C(=O)NC(Cc2ccccc2)CC(CO)C(=O)O)[nH]n1. The highest BCUT2D eigenvalue weighted by Gasteiger charge is 2.24. The molecule has 2 aromatic rings. The Bertz CT molecular complexity index is 772. The van der Waals surface area contributed by atoms with E-state index in [4.69, 9.17) is 0 Å². The number of benzene rings is 1. The van der Waals surface area contributed by atoms with Crippen LogP contribution in [0.25, 0.3) is 0 Å². The lowest BCUT2D eigenvalue weighted by Gasteiger charge is -2.21. The molecule has 2 rings (SSSR count). The number of amides is 1. The second-order valence-corrected chi connectivity index (χ2v) is 6.04. The first-order valence-corrected chi connectivity index (χ1v) is 8.15. The molecule has 0 fully saturated rings. The number of carbonyl (C=O) groups is 3. The molecule has 0 bridgehead atoms. The van der Waals surface area contributed by atoms with Gasteiger partial charge in [-0.1, -0.05) is 30.3 Å². The number of Topliss-reactive ketones (excluding diaryl/α,β-unsaturated/α-hetero) is 1. The minimum absolute atomic E-state index is 0.0696. The number of rotatable bonds is 9. The van der Waals surface area contributed by atoms with E-state index in [1.807, 2.05) is 30.3 Å². The van der Waals surface area contributed by atoms with Gasteiger partial charge in [0, 0.05) is 13.0 Å². The van der Waals surface area contributed by atoms with E-state index in [1.165, 1.54) is 13.0 Å². The van der Waals surface area contributed by atoms with Crippen LogP contribution in [0.2, 0.25) is 0 Å². The second kappa shape index (κ2) is 8.91. The van der Waals surface area contributed by atoms with E-state index < -0.39 is 30.4 Å². The van der Waals surface area contributed by atoms with E-state index in [1.54, 1.807) is 0 Å². The number of hydrogen-bond donors (Lipinski definition) is 4. The van der Waals surface area contributed by atoms with Crippen molar-refractivity contribution < 1.29 is 24.6 Å². The van der Waals surface area contributed by atoms with Crippen LogP contribution in [0.1, 0.15) is 39.9 Å². The highest BCUT2D eigenvalue weighted by atomic mass is 16.4. The lowest BCUT2D eigenvalue weighted by Crippen LogP contribution is -2.40. The van der Waals surface area contributed by atoms with Crippen LogP contribution in [-0.2, 0) is 11.2 Å². The zero-order chi connectivity index (χ0) is 19.1. The summed E-state index contributed by atoms with van der Waals surface area (Å²) in [5.41, 5.74) is 1.19. The van der Waals surface area contributed by atoms with Gasteiger partial charge in [-0.25, -0.2) is 0 Å². The number of aromatic nitrogens is 2. The monoisotopic (exact) mass is 359 g/mol. The maximum atomic E-state index is 12.4. The van der Waals surface area contributed by atoms with E-state index in [2.05, 4.69) is 15.5 Å². The zero-order valence-corrected chi connectivity index (χ0v) is 14.3. The Morgan fingerprint density at radius 3 is 2.46 bits per heavy atom. The van der Waals surface area contributed by atoms with Gasteiger partial charge in [-0.15, -0.1) is 0 Å². The predicted molar refractivity (Wildman–Crippen MR) is 92.8 cm³/mol. The summed E-state index contributed by atoms with van der Waals surface area (Å²) >= 11 is 0. The molecular weight excluding hydrogens is 338 g/mol. The Hall–Kier alpha value is -3.00. The number of nitrogens with zero attached hydrogens (tertiary/aromatic N) is 1. The molecule has 0 aliphatic carbocycles. The van der Waals surface area contributed by atoms with Crippen molar-refractivity contribution >= 4 is 17.7 Å². The van der Waals surface area contributed by atoms with Gasteiger partial charge in [0.15, 0.2) is 5.78 Å². The summed E-state index contributed by atoms with van der Waals surface area (Å²) in [5, 5.41) is 27.5. The third kappa shape index (κ3) is 5.25. The number of aliphatic hydroxyl groups is 1. The van der Waals surface area contributed by atoms with Gasteiger partial charge < -0.3 is 15.5 Å². The van der Waals surface area contributed by atoms with Crippen LogP contribution in [0.3, 0.4) is 0 Å². The molecule has 26 heavy (non-hydrogen) atoms. The van der Waals surface area contributed by atoms with Gasteiger partial charge in [0.2, 0.25) is 0 Å². The maximum Gasteiger partial charge on any atom is 0.308 e. The third-order valence-electron chi connectivity index (χ3n) is 3.98. The molecule has 2 atom stereocenters. The molecule has 4 N–H and O–H groups in total. The summed E-state index contributed by atoms with van der Waals surface area (Å²) in [6.07, 6.45) is 0.476. The molecule has 0 radical (unpaired) electrons. The number of nitrogens with one attached hydrogen (secondary N) is 2. The highest BCUT2D eigenvalue weighted by Crippen LogP contribution is 2.13. The number of aliphatic carboxylic acids is 1. The molecule has 8 heteroatoms. The molecule has 8 nitrogen and oxygen atoms in total. The molecule has 0 saturated carbocycles. The lowest BCUT2D eigenvalue weighted by molar-refractivity contribution is -0.143. The minimum atomic E-state index is -1.12. The van der Waals surface area contributed by atoms with E-state index in [-0.39, 0.29) is 23.6 Å². The van der Waals surface area contributed by atoms with Crippen molar-refractivity contribution in [3.63, 3.8) is 0 Å².